The predicted molar refractivity (Wildman–Crippen MR) is 77.4 cm³/mol. The number of carboxylic acid groups (broad SMARTS) is 1. The number of hydrogen-bond donors (Lipinski definition) is 3. The first kappa shape index (κ1) is 12.9. The molecule has 3 aromatic rings. The molecule has 0 atom stereocenters. The van der Waals surface area contributed by atoms with Crippen LogP contribution in [0.15, 0.2) is 48.7 Å². The molecule has 0 saturated carbocycles. The second-order valence-electron chi connectivity index (χ2n) is 4.44. The smallest absolute Gasteiger partial charge is 0.336 e. The zero-order valence-electron chi connectivity index (χ0n) is 10.8. The van der Waals surface area contributed by atoms with Gasteiger partial charge in [-0.2, -0.15) is 5.10 Å². The van der Waals surface area contributed by atoms with Crippen LogP contribution in [0.25, 0.3) is 10.8 Å². The molecule has 0 fully saturated rings. The largest absolute Gasteiger partial charge is 0.478 e. The van der Waals surface area contributed by atoms with E-state index < -0.39 is 11.9 Å². The van der Waals surface area contributed by atoms with Crippen molar-refractivity contribution in [2.75, 3.05) is 5.32 Å². The van der Waals surface area contributed by atoms with Gasteiger partial charge in [-0.05, 0) is 17.5 Å². The molecule has 0 aliphatic rings. The average Bonchev–Trinajstić information content (AvgIpc) is 2.98. The lowest BCUT2D eigenvalue weighted by Gasteiger charge is -2.09. The highest BCUT2D eigenvalue weighted by Gasteiger charge is 2.16. The van der Waals surface area contributed by atoms with Crippen molar-refractivity contribution in [2.24, 2.45) is 0 Å². The summed E-state index contributed by atoms with van der Waals surface area (Å²) in [6.45, 7) is 0. The summed E-state index contributed by atoms with van der Waals surface area (Å²) in [5.74, 6) is -1.01. The Bertz CT molecular complexity index is 820. The summed E-state index contributed by atoms with van der Waals surface area (Å²) in [4.78, 5) is 23.7. The summed E-state index contributed by atoms with van der Waals surface area (Å²) < 4.78 is 0. The number of carboxylic acids is 1. The number of hydrogen-bond acceptors (Lipinski definition) is 3. The lowest BCUT2D eigenvalue weighted by molar-refractivity contribution is 0.0699. The van der Waals surface area contributed by atoms with Crippen molar-refractivity contribution in [1.82, 2.24) is 10.2 Å². The molecule has 1 aromatic heterocycles. The molecule has 0 aliphatic carbocycles. The number of H-pyrrole nitrogens is 1. The number of nitrogens with zero attached hydrogens (tertiary/aromatic N) is 1. The van der Waals surface area contributed by atoms with Crippen LogP contribution in [0.2, 0.25) is 0 Å². The minimum Gasteiger partial charge on any atom is -0.478 e. The van der Waals surface area contributed by atoms with Gasteiger partial charge in [0.1, 0.15) is 5.82 Å². The van der Waals surface area contributed by atoms with Gasteiger partial charge in [-0.15, -0.1) is 0 Å². The highest BCUT2D eigenvalue weighted by Crippen LogP contribution is 2.24. The lowest BCUT2D eigenvalue weighted by Crippen LogP contribution is -2.14. The molecule has 0 radical (unpaired) electrons. The van der Waals surface area contributed by atoms with E-state index in [4.69, 9.17) is 0 Å². The van der Waals surface area contributed by atoms with Gasteiger partial charge < -0.3 is 10.4 Å². The number of amides is 1. The van der Waals surface area contributed by atoms with Gasteiger partial charge in [-0.25, -0.2) is 4.79 Å². The molecule has 1 amide bonds. The Kier molecular flexibility index (Phi) is 3.12. The molecule has 6 heteroatoms. The quantitative estimate of drug-likeness (QED) is 0.687. The number of carbonyl (C=O) groups excluding carboxylic acids is 1. The minimum absolute atomic E-state index is 0.0999. The molecular weight excluding hydrogens is 270 g/mol. The highest BCUT2D eigenvalue weighted by atomic mass is 16.4. The Hall–Kier alpha value is -3.15. The SMILES string of the molecule is O=C(O)c1cccc2cccc(C(=O)Nc3ccn[nH]3)c12. The Morgan fingerprint density at radius 2 is 1.76 bits per heavy atom. The summed E-state index contributed by atoms with van der Waals surface area (Å²) in [5, 5.41) is 19.4. The van der Waals surface area contributed by atoms with Gasteiger partial charge in [0.05, 0.1) is 11.8 Å². The first-order chi connectivity index (χ1) is 10.2. The van der Waals surface area contributed by atoms with Gasteiger partial charge in [-0.1, -0.05) is 24.3 Å². The van der Waals surface area contributed by atoms with Crippen molar-refractivity contribution in [1.29, 1.82) is 0 Å². The fourth-order valence-electron chi connectivity index (χ4n) is 2.22. The molecule has 0 bridgehead atoms. The van der Waals surface area contributed by atoms with E-state index in [0.717, 1.165) is 0 Å². The van der Waals surface area contributed by atoms with Gasteiger partial charge in [0.25, 0.3) is 5.91 Å². The zero-order chi connectivity index (χ0) is 14.8. The Labute approximate surface area is 119 Å². The summed E-state index contributed by atoms with van der Waals surface area (Å²) in [5.41, 5.74) is 0.406. The van der Waals surface area contributed by atoms with Crippen molar-refractivity contribution in [3.8, 4) is 0 Å². The van der Waals surface area contributed by atoms with Crippen molar-refractivity contribution in [3.05, 3.63) is 59.8 Å². The lowest BCUT2D eigenvalue weighted by atomic mass is 9.98. The van der Waals surface area contributed by atoms with Gasteiger partial charge in [0.2, 0.25) is 0 Å². The summed E-state index contributed by atoms with van der Waals surface area (Å²) in [6, 6.07) is 11.6. The van der Waals surface area contributed by atoms with Crippen LogP contribution >= 0.6 is 0 Å². The normalized spacial score (nSPS) is 10.5. The predicted octanol–water partition coefficient (Wildman–Crippen LogP) is 2.51. The Morgan fingerprint density at radius 1 is 1.05 bits per heavy atom. The van der Waals surface area contributed by atoms with Gasteiger partial charge in [0, 0.05) is 17.0 Å². The second-order valence-corrected chi connectivity index (χ2v) is 4.44. The number of anilines is 1. The number of carbonyl (C=O) groups is 2. The number of aromatic amines is 1. The van der Waals surface area contributed by atoms with Crippen molar-refractivity contribution < 1.29 is 14.7 Å². The number of aromatic carboxylic acids is 1. The highest BCUT2D eigenvalue weighted by molar-refractivity contribution is 6.17. The molecule has 21 heavy (non-hydrogen) atoms. The third-order valence-corrected chi connectivity index (χ3v) is 3.13. The minimum atomic E-state index is -1.07. The Balaban J connectivity index is 2.13. The van der Waals surface area contributed by atoms with Crippen LogP contribution in [0.3, 0.4) is 0 Å². The van der Waals surface area contributed by atoms with Crippen molar-refractivity contribution in [3.63, 3.8) is 0 Å². The van der Waals surface area contributed by atoms with Crippen molar-refractivity contribution >= 4 is 28.5 Å². The van der Waals surface area contributed by atoms with E-state index in [1.807, 2.05) is 0 Å². The molecule has 0 aliphatic heterocycles. The number of fused-ring (bicyclic) bond motifs is 1. The average molecular weight is 281 g/mol. The molecule has 3 N–H and O–H groups in total. The number of benzene rings is 2. The van der Waals surface area contributed by atoms with E-state index in [-0.39, 0.29) is 5.56 Å². The number of nitrogens with one attached hydrogen (secondary N) is 2. The maximum absolute atomic E-state index is 12.3. The van der Waals surface area contributed by atoms with E-state index in [1.165, 1.54) is 12.3 Å². The van der Waals surface area contributed by atoms with Crippen molar-refractivity contribution in [2.45, 2.75) is 0 Å². The van der Waals surface area contributed by atoms with E-state index in [1.54, 1.807) is 36.4 Å². The molecule has 0 saturated heterocycles. The third-order valence-electron chi connectivity index (χ3n) is 3.13. The van der Waals surface area contributed by atoms with Crippen LogP contribution in [0.5, 0.6) is 0 Å². The van der Waals surface area contributed by atoms with Gasteiger partial charge in [0.15, 0.2) is 0 Å². The van der Waals surface area contributed by atoms with Crippen LogP contribution in [0, 0.1) is 0 Å². The molecule has 1 heterocycles. The van der Waals surface area contributed by atoms with Crippen LogP contribution in [0.4, 0.5) is 5.82 Å². The molecule has 0 unspecified atom stereocenters. The maximum Gasteiger partial charge on any atom is 0.336 e. The monoisotopic (exact) mass is 281 g/mol. The summed E-state index contributed by atoms with van der Waals surface area (Å²) in [6.07, 6.45) is 1.52. The first-order valence-electron chi connectivity index (χ1n) is 6.22. The van der Waals surface area contributed by atoms with Crippen LogP contribution < -0.4 is 5.32 Å². The summed E-state index contributed by atoms with van der Waals surface area (Å²) >= 11 is 0. The van der Waals surface area contributed by atoms with E-state index in [2.05, 4.69) is 15.5 Å². The number of aromatic nitrogens is 2. The Morgan fingerprint density at radius 3 is 2.38 bits per heavy atom. The molecule has 104 valence electrons. The van der Waals surface area contributed by atoms with E-state index in [0.29, 0.717) is 22.2 Å². The van der Waals surface area contributed by atoms with Gasteiger partial charge >= 0.3 is 5.97 Å². The topological polar surface area (TPSA) is 95.1 Å². The standard InChI is InChI=1S/C15H11N3O3/c19-14(17-12-7-8-16-18-12)10-5-1-3-9-4-2-6-11(13(9)10)15(20)21/h1-8H,(H,20,21)(H2,16,17,18,19). The van der Waals surface area contributed by atoms with E-state index >= 15 is 0 Å². The molecule has 3 rings (SSSR count). The molecule has 2 aromatic carbocycles. The fourth-order valence-corrected chi connectivity index (χ4v) is 2.22. The molecular formula is C15H11N3O3. The second kappa shape index (κ2) is 5.09. The first-order valence-corrected chi connectivity index (χ1v) is 6.22. The van der Waals surface area contributed by atoms with E-state index in [9.17, 15) is 14.7 Å². The fraction of sp³-hybridized carbons (Fsp3) is 0. The van der Waals surface area contributed by atoms with Crippen LogP contribution in [-0.2, 0) is 0 Å². The number of rotatable bonds is 3. The molecule has 0 spiro atoms. The van der Waals surface area contributed by atoms with Crippen LogP contribution in [0.1, 0.15) is 20.7 Å². The summed E-state index contributed by atoms with van der Waals surface area (Å²) in [7, 11) is 0. The zero-order valence-corrected chi connectivity index (χ0v) is 10.8. The maximum atomic E-state index is 12.3. The molecule has 6 nitrogen and oxygen atoms in total. The third kappa shape index (κ3) is 2.34. The van der Waals surface area contributed by atoms with Crippen LogP contribution in [-0.4, -0.2) is 27.2 Å². The van der Waals surface area contributed by atoms with Gasteiger partial charge in [-0.3, -0.25) is 9.89 Å².